The van der Waals surface area contributed by atoms with Crippen LogP contribution in [-0.4, -0.2) is 41.8 Å². The molecule has 0 spiro atoms. The number of hydrogen-bond donors (Lipinski definition) is 3. The highest BCUT2D eigenvalue weighted by molar-refractivity contribution is 5.94. The van der Waals surface area contributed by atoms with Crippen molar-refractivity contribution in [3.63, 3.8) is 0 Å². The maximum Gasteiger partial charge on any atom is 0.244 e. The van der Waals surface area contributed by atoms with Gasteiger partial charge in [0.05, 0.1) is 20.2 Å². The van der Waals surface area contributed by atoms with Gasteiger partial charge in [0, 0.05) is 13.1 Å². The predicted octanol–water partition coefficient (Wildman–Crippen LogP) is -1.56. The number of carbonyl (C=O) groups excluding carboxylic acids is 2. The summed E-state index contributed by atoms with van der Waals surface area (Å²) in [6.45, 7) is -0.292. The number of nitrogens with one attached hydrogen (secondary N) is 2. The third-order valence-corrected chi connectivity index (χ3v) is 1.95. The van der Waals surface area contributed by atoms with Crippen molar-refractivity contribution >= 4 is 17.6 Å². The van der Waals surface area contributed by atoms with Crippen molar-refractivity contribution in [2.24, 2.45) is 12.8 Å². The Balaban J connectivity index is 2.47. The van der Waals surface area contributed by atoms with Crippen LogP contribution < -0.4 is 21.1 Å². The zero-order valence-electron chi connectivity index (χ0n) is 9.69. The van der Waals surface area contributed by atoms with Crippen LogP contribution in [-0.2, 0) is 16.6 Å². The minimum atomic E-state index is -0.390. The molecule has 0 aliphatic carbocycles. The summed E-state index contributed by atoms with van der Waals surface area (Å²) in [6.07, 6.45) is 0. The number of anilines is 1. The van der Waals surface area contributed by atoms with Crippen molar-refractivity contribution in [3.05, 3.63) is 6.07 Å². The normalized spacial score (nSPS) is 9.82. The van der Waals surface area contributed by atoms with Crippen molar-refractivity contribution in [2.45, 2.75) is 0 Å². The van der Waals surface area contributed by atoms with Crippen LogP contribution in [0, 0.1) is 0 Å². The summed E-state index contributed by atoms with van der Waals surface area (Å²) in [5, 5.41) is 8.85. The molecule has 0 saturated carbocycles. The highest BCUT2D eigenvalue weighted by atomic mass is 16.5. The Bertz CT molecular complexity index is 415. The Hall–Kier alpha value is -2.09. The summed E-state index contributed by atoms with van der Waals surface area (Å²) in [5.41, 5.74) is 5.08. The number of amides is 2. The second-order valence-electron chi connectivity index (χ2n) is 3.22. The van der Waals surface area contributed by atoms with Gasteiger partial charge in [-0.1, -0.05) is 0 Å². The first-order chi connectivity index (χ1) is 8.06. The van der Waals surface area contributed by atoms with E-state index in [1.54, 1.807) is 13.1 Å². The zero-order valence-corrected chi connectivity index (χ0v) is 9.69. The fourth-order valence-electron chi connectivity index (χ4n) is 1.14. The number of ether oxygens (including phenoxy) is 1. The summed E-state index contributed by atoms with van der Waals surface area (Å²) >= 11 is 0. The number of aryl methyl sites for hydroxylation is 1. The van der Waals surface area contributed by atoms with Crippen molar-refractivity contribution in [2.75, 3.05) is 25.5 Å². The summed E-state index contributed by atoms with van der Waals surface area (Å²) in [7, 11) is 3.19. The molecule has 0 fully saturated rings. The van der Waals surface area contributed by atoms with E-state index >= 15 is 0 Å². The van der Waals surface area contributed by atoms with Crippen LogP contribution in [0.2, 0.25) is 0 Å². The molecule has 0 radical (unpaired) electrons. The average molecular weight is 241 g/mol. The maximum atomic E-state index is 11.4. The van der Waals surface area contributed by atoms with E-state index in [0.717, 1.165) is 0 Å². The average Bonchev–Trinajstić information content (AvgIpc) is 2.66. The van der Waals surface area contributed by atoms with Crippen LogP contribution in [0.1, 0.15) is 0 Å². The monoisotopic (exact) mass is 241 g/mol. The predicted molar refractivity (Wildman–Crippen MR) is 60.5 cm³/mol. The van der Waals surface area contributed by atoms with Crippen LogP contribution in [0.4, 0.5) is 5.82 Å². The lowest BCUT2D eigenvalue weighted by Crippen LogP contribution is -2.36. The molecule has 0 atom stereocenters. The fraction of sp³-hybridized carbons (Fsp3) is 0.444. The summed E-state index contributed by atoms with van der Waals surface area (Å²) in [6, 6.07) is 1.57. The first kappa shape index (κ1) is 13.0. The Morgan fingerprint density at radius 1 is 1.53 bits per heavy atom. The SMILES string of the molecule is COc1cc(NC(=O)CNC(=O)CN)nn1C. The van der Waals surface area contributed by atoms with Gasteiger partial charge in [-0.2, -0.15) is 5.10 Å². The third-order valence-electron chi connectivity index (χ3n) is 1.95. The molecule has 1 rings (SSSR count). The molecule has 0 saturated heterocycles. The number of hydrogen-bond acceptors (Lipinski definition) is 5. The number of carbonyl (C=O) groups is 2. The second-order valence-corrected chi connectivity index (χ2v) is 3.22. The van der Waals surface area contributed by atoms with Crippen molar-refractivity contribution < 1.29 is 14.3 Å². The Morgan fingerprint density at radius 3 is 2.76 bits per heavy atom. The van der Waals surface area contributed by atoms with Gasteiger partial charge in [-0.3, -0.25) is 9.59 Å². The Kier molecular flexibility index (Phi) is 4.46. The van der Waals surface area contributed by atoms with Crippen molar-refractivity contribution in [3.8, 4) is 5.88 Å². The lowest BCUT2D eigenvalue weighted by molar-refractivity contribution is -0.123. The van der Waals surface area contributed by atoms with E-state index in [-0.39, 0.29) is 19.0 Å². The number of aromatic nitrogens is 2. The highest BCUT2D eigenvalue weighted by Gasteiger charge is 2.09. The zero-order chi connectivity index (χ0) is 12.8. The van der Waals surface area contributed by atoms with E-state index in [4.69, 9.17) is 10.5 Å². The molecule has 94 valence electrons. The number of nitrogens with zero attached hydrogens (tertiary/aromatic N) is 2. The first-order valence-corrected chi connectivity index (χ1v) is 4.91. The van der Waals surface area contributed by atoms with Gasteiger partial charge >= 0.3 is 0 Å². The molecule has 1 heterocycles. The molecule has 4 N–H and O–H groups in total. The molecule has 0 unspecified atom stereocenters. The molecule has 0 aromatic carbocycles. The highest BCUT2D eigenvalue weighted by Crippen LogP contribution is 2.14. The van der Waals surface area contributed by atoms with Gasteiger partial charge in [0.2, 0.25) is 17.7 Å². The molecule has 0 aliphatic rings. The van der Waals surface area contributed by atoms with Gasteiger partial charge in [0.1, 0.15) is 0 Å². The van der Waals surface area contributed by atoms with E-state index in [0.29, 0.717) is 11.7 Å². The third kappa shape index (κ3) is 3.76. The summed E-state index contributed by atoms with van der Waals surface area (Å²) in [4.78, 5) is 22.2. The molecule has 0 bridgehead atoms. The molecule has 17 heavy (non-hydrogen) atoms. The van der Waals surface area contributed by atoms with Crippen molar-refractivity contribution in [1.29, 1.82) is 0 Å². The number of rotatable bonds is 5. The Morgan fingerprint density at radius 2 is 2.24 bits per heavy atom. The molecular weight excluding hydrogens is 226 g/mol. The standard InChI is InChI=1S/C9H15N5O3/c1-14-9(17-2)3-6(13-14)12-8(16)5-11-7(15)4-10/h3H,4-5,10H2,1-2H3,(H,11,15)(H,12,13,16). The van der Waals surface area contributed by atoms with E-state index in [9.17, 15) is 9.59 Å². The smallest absolute Gasteiger partial charge is 0.244 e. The number of nitrogens with two attached hydrogens (primary N) is 1. The van der Waals surface area contributed by atoms with Gasteiger partial charge in [-0.05, 0) is 0 Å². The van der Waals surface area contributed by atoms with Gasteiger partial charge in [0.25, 0.3) is 0 Å². The number of methoxy groups -OCH3 is 1. The van der Waals surface area contributed by atoms with Crippen molar-refractivity contribution in [1.82, 2.24) is 15.1 Å². The minimum absolute atomic E-state index is 0.144. The van der Waals surface area contributed by atoms with E-state index < -0.39 is 5.91 Å². The quantitative estimate of drug-likeness (QED) is 0.577. The van der Waals surface area contributed by atoms with E-state index in [1.807, 2.05) is 0 Å². The molecule has 1 aromatic rings. The largest absolute Gasteiger partial charge is 0.481 e. The van der Waals surface area contributed by atoms with Gasteiger partial charge in [-0.25, -0.2) is 4.68 Å². The van der Waals surface area contributed by atoms with Gasteiger partial charge in [-0.15, -0.1) is 0 Å². The molecule has 8 nitrogen and oxygen atoms in total. The molecule has 8 heteroatoms. The van der Waals surface area contributed by atoms with Crippen LogP contribution in [0.3, 0.4) is 0 Å². The maximum absolute atomic E-state index is 11.4. The van der Waals surface area contributed by atoms with E-state index in [2.05, 4.69) is 15.7 Å². The van der Waals surface area contributed by atoms with Crippen LogP contribution in [0.5, 0.6) is 5.88 Å². The summed E-state index contributed by atoms with van der Waals surface area (Å²) < 4.78 is 6.47. The Labute approximate surface area is 98.1 Å². The van der Waals surface area contributed by atoms with Crippen LogP contribution in [0.25, 0.3) is 0 Å². The van der Waals surface area contributed by atoms with Crippen LogP contribution >= 0.6 is 0 Å². The molecule has 1 aromatic heterocycles. The lowest BCUT2D eigenvalue weighted by Gasteiger charge is -2.02. The fourth-order valence-corrected chi connectivity index (χ4v) is 1.14. The summed E-state index contributed by atoms with van der Waals surface area (Å²) in [5.74, 6) is 0.106. The van der Waals surface area contributed by atoms with Gasteiger partial charge < -0.3 is 21.1 Å². The molecular formula is C9H15N5O3. The van der Waals surface area contributed by atoms with Gasteiger partial charge in [0.15, 0.2) is 5.82 Å². The lowest BCUT2D eigenvalue weighted by atomic mass is 10.5. The topological polar surface area (TPSA) is 111 Å². The minimum Gasteiger partial charge on any atom is -0.481 e. The first-order valence-electron chi connectivity index (χ1n) is 4.91. The molecule has 0 aliphatic heterocycles. The molecule has 2 amide bonds. The van der Waals surface area contributed by atoms with E-state index in [1.165, 1.54) is 11.8 Å². The second kappa shape index (κ2) is 5.85. The van der Waals surface area contributed by atoms with Crippen LogP contribution in [0.15, 0.2) is 6.07 Å².